The largest absolute Gasteiger partial charge is 0.342 e. The van der Waals surface area contributed by atoms with Crippen LogP contribution in [0.5, 0.6) is 0 Å². The number of benzene rings is 1. The molecular formula is C18H24ClF2N3O2. The van der Waals surface area contributed by atoms with Gasteiger partial charge in [0.05, 0.1) is 11.6 Å². The maximum Gasteiger partial charge on any atom is 0.228 e. The first kappa shape index (κ1) is 20.6. The SMILES string of the molecule is CNCC1CCN(C(=O)C2CC(=O)N(c3ccc(F)cc3F)C2)CC1.Cl. The first-order valence-corrected chi connectivity index (χ1v) is 8.68. The minimum absolute atomic E-state index is 0. The Morgan fingerprint density at radius 1 is 1.27 bits per heavy atom. The van der Waals surface area contributed by atoms with Crippen molar-refractivity contribution in [1.82, 2.24) is 10.2 Å². The zero-order valence-corrected chi connectivity index (χ0v) is 15.5. The van der Waals surface area contributed by atoms with Crippen LogP contribution in [0.15, 0.2) is 18.2 Å². The molecule has 2 amide bonds. The number of amides is 2. The average Bonchev–Trinajstić information content (AvgIpc) is 2.97. The van der Waals surface area contributed by atoms with Crippen molar-refractivity contribution in [3.63, 3.8) is 0 Å². The van der Waals surface area contributed by atoms with Crippen molar-refractivity contribution >= 4 is 29.9 Å². The number of carbonyl (C=O) groups is 2. The molecule has 1 N–H and O–H groups in total. The second-order valence-corrected chi connectivity index (χ2v) is 6.83. The van der Waals surface area contributed by atoms with Gasteiger partial charge in [-0.15, -0.1) is 12.4 Å². The van der Waals surface area contributed by atoms with Gasteiger partial charge >= 0.3 is 0 Å². The number of piperidine rings is 1. The van der Waals surface area contributed by atoms with Gasteiger partial charge in [-0.05, 0) is 44.5 Å². The van der Waals surface area contributed by atoms with Crippen molar-refractivity contribution in [2.45, 2.75) is 19.3 Å². The van der Waals surface area contributed by atoms with Crippen LogP contribution in [0.4, 0.5) is 14.5 Å². The van der Waals surface area contributed by atoms with Gasteiger partial charge in [0.1, 0.15) is 11.6 Å². The molecule has 1 atom stereocenters. The number of nitrogens with one attached hydrogen (secondary N) is 1. The number of likely N-dealkylation sites (tertiary alicyclic amines) is 1. The summed E-state index contributed by atoms with van der Waals surface area (Å²) >= 11 is 0. The Balaban J connectivity index is 0.00000243. The number of carbonyl (C=O) groups excluding carboxylic acids is 2. The summed E-state index contributed by atoms with van der Waals surface area (Å²) in [7, 11) is 1.92. The van der Waals surface area contributed by atoms with Gasteiger partial charge in [0.2, 0.25) is 11.8 Å². The van der Waals surface area contributed by atoms with E-state index in [1.54, 1.807) is 0 Å². The molecule has 2 heterocycles. The third-order valence-corrected chi connectivity index (χ3v) is 5.09. The highest BCUT2D eigenvalue weighted by atomic mass is 35.5. The fraction of sp³-hybridized carbons (Fsp3) is 0.556. The van der Waals surface area contributed by atoms with E-state index in [4.69, 9.17) is 0 Å². The molecule has 2 fully saturated rings. The number of hydrogen-bond donors (Lipinski definition) is 1. The van der Waals surface area contributed by atoms with Gasteiger partial charge in [-0.25, -0.2) is 8.78 Å². The summed E-state index contributed by atoms with van der Waals surface area (Å²) in [6.45, 7) is 2.49. The number of halogens is 3. The molecule has 1 unspecified atom stereocenters. The van der Waals surface area contributed by atoms with E-state index in [2.05, 4.69) is 5.32 Å². The smallest absolute Gasteiger partial charge is 0.228 e. The van der Waals surface area contributed by atoms with E-state index in [-0.39, 0.29) is 42.9 Å². The summed E-state index contributed by atoms with van der Waals surface area (Å²) in [4.78, 5) is 28.0. The molecule has 0 aliphatic carbocycles. The van der Waals surface area contributed by atoms with Crippen LogP contribution in [0.1, 0.15) is 19.3 Å². The number of rotatable bonds is 4. The summed E-state index contributed by atoms with van der Waals surface area (Å²) < 4.78 is 27.0. The third kappa shape index (κ3) is 4.32. The Bertz CT molecular complexity index is 666. The van der Waals surface area contributed by atoms with E-state index in [1.165, 1.54) is 11.0 Å². The molecule has 0 radical (unpaired) electrons. The number of nitrogens with zero attached hydrogens (tertiary/aromatic N) is 2. The number of hydrogen-bond acceptors (Lipinski definition) is 3. The molecule has 5 nitrogen and oxygen atoms in total. The van der Waals surface area contributed by atoms with Gasteiger partial charge in [-0.2, -0.15) is 0 Å². The van der Waals surface area contributed by atoms with Crippen molar-refractivity contribution in [3.05, 3.63) is 29.8 Å². The Hall–Kier alpha value is -1.73. The lowest BCUT2D eigenvalue weighted by Crippen LogP contribution is -2.43. The van der Waals surface area contributed by atoms with Crippen LogP contribution in [0.3, 0.4) is 0 Å². The van der Waals surface area contributed by atoms with Crippen LogP contribution < -0.4 is 10.2 Å². The predicted molar refractivity (Wildman–Crippen MR) is 97.3 cm³/mol. The zero-order chi connectivity index (χ0) is 18.0. The molecule has 3 rings (SSSR count). The lowest BCUT2D eigenvalue weighted by molar-refractivity contribution is -0.137. The van der Waals surface area contributed by atoms with Gasteiger partial charge in [-0.1, -0.05) is 0 Å². The normalized spacial score (nSPS) is 21.0. The molecule has 0 aromatic heterocycles. The van der Waals surface area contributed by atoms with Crippen LogP contribution >= 0.6 is 12.4 Å². The first-order chi connectivity index (χ1) is 12.0. The van der Waals surface area contributed by atoms with Crippen LogP contribution in [0.25, 0.3) is 0 Å². The molecule has 2 aliphatic rings. The quantitative estimate of drug-likeness (QED) is 0.861. The van der Waals surface area contributed by atoms with Crippen LogP contribution in [-0.2, 0) is 9.59 Å². The van der Waals surface area contributed by atoms with Crippen molar-refractivity contribution in [3.8, 4) is 0 Å². The van der Waals surface area contributed by atoms with Crippen LogP contribution in [0.2, 0.25) is 0 Å². The molecule has 2 saturated heterocycles. The van der Waals surface area contributed by atoms with Crippen molar-refractivity contribution in [2.24, 2.45) is 11.8 Å². The van der Waals surface area contributed by atoms with E-state index in [0.717, 1.165) is 31.5 Å². The maximum atomic E-state index is 13.9. The molecule has 8 heteroatoms. The van der Waals surface area contributed by atoms with Gasteiger partial charge < -0.3 is 15.1 Å². The second kappa shape index (κ2) is 8.77. The molecular weight excluding hydrogens is 364 g/mol. The molecule has 0 saturated carbocycles. The van der Waals surface area contributed by atoms with E-state index >= 15 is 0 Å². The topological polar surface area (TPSA) is 52.7 Å². The first-order valence-electron chi connectivity index (χ1n) is 8.68. The Labute approximate surface area is 158 Å². The molecule has 144 valence electrons. The lowest BCUT2D eigenvalue weighted by atomic mass is 9.95. The summed E-state index contributed by atoms with van der Waals surface area (Å²) in [5.41, 5.74) is 0.0365. The van der Waals surface area contributed by atoms with Gasteiger partial charge in [0.25, 0.3) is 0 Å². The minimum atomic E-state index is -0.783. The molecule has 0 spiro atoms. The summed E-state index contributed by atoms with van der Waals surface area (Å²) in [6, 6.07) is 3.12. The highest BCUT2D eigenvalue weighted by molar-refractivity contribution is 6.00. The highest BCUT2D eigenvalue weighted by Crippen LogP contribution is 2.29. The Morgan fingerprint density at radius 3 is 2.58 bits per heavy atom. The van der Waals surface area contributed by atoms with Gasteiger partial charge in [0.15, 0.2) is 0 Å². The maximum absolute atomic E-state index is 13.9. The lowest BCUT2D eigenvalue weighted by Gasteiger charge is -2.33. The van der Waals surface area contributed by atoms with E-state index < -0.39 is 17.6 Å². The monoisotopic (exact) mass is 387 g/mol. The zero-order valence-electron chi connectivity index (χ0n) is 14.7. The van der Waals surface area contributed by atoms with Crippen LogP contribution in [0, 0.1) is 23.5 Å². The Kier molecular flexibility index (Phi) is 6.94. The van der Waals surface area contributed by atoms with E-state index in [1.807, 2.05) is 11.9 Å². The molecule has 0 bridgehead atoms. The summed E-state index contributed by atoms with van der Waals surface area (Å²) in [5.74, 6) is -1.70. The summed E-state index contributed by atoms with van der Waals surface area (Å²) in [6.07, 6.45) is 1.97. The Morgan fingerprint density at radius 2 is 1.96 bits per heavy atom. The molecule has 1 aromatic rings. The van der Waals surface area contributed by atoms with Crippen LogP contribution in [-0.4, -0.2) is 49.9 Å². The highest BCUT2D eigenvalue weighted by Gasteiger charge is 2.38. The number of anilines is 1. The summed E-state index contributed by atoms with van der Waals surface area (Å²) in [5, 5.41) is 3.16. The molecule has 2 aliphatic heterocycles. The fourth-order valence-corrected chi connectivity index (χ4v) is 3.71. The molecule has 1 aromatic carbocycles. The fourth-order valence-electron chi connectivity index (χ4n) is 3.71. The van der Waals surface area contributed by atoms with Crippen molar-refractivity contribution < 1.29 is 18.4 Å². The molecule has 26 heavy (non-hydrogen) atoms. The third-order valence-electron chi connectivity index (χ3n) is 5.09. The van der Waals surface area contributed by atoms with E-state index in [0.29, 0.717) is 19.0 Å². The van der Waals surface area contributed by atoms with E-state index in [9.17, 15) is 18.4 Å². The average molecular weight is 388 g/mol. The van der Waals surface area contributed by atoms with Gasteiger partial charge in [0, 0.05) is 32.1 Å². The van der Waals surface area contributed by atoms with Crippen molar-refractivity contribution in [1.29, 1.82) is 0 Å². The van der Waals surface area contributed by atoms with Crippen molar-refractivity contribution in [2.75, 3.05) is 38.1 Å². The second-order valence-electron chi connectivity index (χ2n) is 6.83. The standard InChI is InChI=1S/C18H23F2N3O2.ClH/c1-21-10-12-4-6-22(7-5-12)18(25)13-8-17(24)23(11-13)16-3-2-14(19)9-15(16)20;/h2-3,9,12-13,21H,4-8,10-11H2,1H3;1H. The van der Waals surface area contributed by atoms with Gasteiger partial charge in [-0.3, -0.25) is 9.59 Å². The minimum Gasteiger partial charge on any atom is -0.342 e. The predicted octanol–water partition coefficient (Wildman–Crippen LogP) is 2.20.